The highest BCUT2D eigenvalue weighted by atomic mass is 16.5. The number of hydrogen-bond donors (Lipinski definition) is 4. The molecule has 1 aromatic carbocycles. The van der Waals surface area contributed by atoms with E-state index in [1.54, 1.807) is 24.3 Å². The molecule has 2 amide bonds. The fourth-order valence-corrected chi connectivity index (χ4v) is 1.42. The van der Waals surface area contributed by atoms with Crippen LogP contribution in [-0.4, -0.2) is 35.5 Å². The lowest BCUT2D eigenvalue weighted by Crippen LogP contribution is -2.37. The zero-order valence-electron chi connectivity index (χ0n) is 11.2. The minimum absolute atomic E-state index is 0.114. The van der Waals surface area contributed by atoms with Crippen LogP contribution in [-0.2, 0) is 14.4 Å². The number of carbonyl (C=O) groups excluding carboxylic acids is 2. The number of nitrogens with two attached hydrogens (primary N) is 2. The maximum absolute atomic E-state index is 11.6. The quantitative estimate of drug-likeness (QED) is 0.517. The van der Waals surface area contributed by atoms with Gasteiger partial charge in [0.05, 0.1) is 25.5 Å². The molecule has 114 valence electrons. The molecule has 6 N–H and O–H groups in total. The van der Waals surface area contributed by atoms with E-state index in [1.165, 1.54) is 0 Å². The van der Waals surface area contributed by atoms with Crippen LogP contribution in [0.5, 0.6) is 5.75 Å². The van der Waals surface area contributed by atoms with Crippen molar-refractivity contribution in [1.29, 1.82) is 0 Å². The Bertz CT molecular complexity index is 515. The number of amides is 2. The van der Waals surface area contributed by atoms with E-state index in [1.807, 2.05) is 0 Å². The van der Waals surface area contributed by atoms with Gasteiger partial charge in [-0.05, 0) is 24.3 Å². The van der Waals surface area contributed by atoms with Crippen LogP contribution in [0.15, 0.2) is 24.3 Å². The molecule has 0 bridgehead atoms. The van der Waals surface area contributed by atoms with Crippen LogP contribution in [0.25, 0.3) is 0 Å². The van der Waals surface area contributed by atoms with Crippen LogP contribution in [0.3, 0.4) is 0 Å². The van der Waals surface area contributed by atoms with Crippen LogP contribution in [0.1, 0.15) is 12.8 Å². The highest BCUT2D eigenvalue weighted by molar-refractivity contribution is 5.96. The summed E-state index contributed by atoms with van der Waals surface area (Å²) in [6.45, 7) is 0.171. The van der Waals surface area contributed by atoms with Gasteiger partial charge in [0.25, 0.3) is 0 Å². The van der Waals surface area contributed by atoms with Crippen molar-refractivity contribution >= 4 is 23.5 Å². The number of carboxylic acid groups (broad SMARTS) is 1. The number of aliphatic carboxylic acids is 1. The Morgan fingerprint density at radius 1 is 1.24 bits per heavy atom. The molecule has 0 spiro atoms. The van der Waals surface area contributed by atoms with Crippen LogP contribution >= 0.6 is 0 Å². The number of nitrogens with one attached hydrogen (secondary N) is 1. The normalized spacial score (nSPS) is 11.5. The van der Waals surface area contributed by atoms with Crippen LogP contribution in [0.2, 0.25) is 0 Å². The number of carbonyl (C=O) groups is 3. The molecule has 0 aliphatic rings. The summed E-state index contributed by atoms with van der Waals surface area (Å²) < 4.78 is 5.26. The number of anilines is 1. The molecule has 1 aromatic rings. The van der Waals surface area contributed by atoms with E-state index < -0.39 is 30.2 Å². The number of primary amides is 1. The SMILES string of the molecule is NC(=O)CCOc1ccc(NC(=O)C(N)CC(=O)O)cc1. The molecule has 21 heavy (non-hydrogen) atoms. The van der Waals surface area contributed by atoms with Gasteiger partial charge in [-0.25, -0.2) is 0 Å². The van der Waals surface area contributed by atoms with Gasteiger partial charge in [-0.3, -0.25) is 14.4 Å². The number of carboxylic acids is 1. The van der Waals surface area contributed by atoms with Gasteiger partial charge in [-0.15, -0.1) is 0 Å². The first-order valence-corrected chi connectivity index (χ1v) is 6.18. The van der Waals surface area contributed by atoms with Gasteiger partial charge >= 0.3 is 5.97 Å². The van der Waals surface area contributed by atoms with E-state index >= 15 is 0 Å². The van der Waals surface area contributed by atoms with Crippen molar-refractivity contribution in [3.8, 4) is 5.75 Å². The highest BCUT2D eigenvalue weighted by Crippen LogP contribution is 2.16. The van der Waals surface area contributed by atoms with Crippen LogP contribution in [0, 0.1) is 0 Å². The van der Waals surface area contributed by atoms with Gasteiger partial charge < -0.3 is 26.6 Å². The van der Waals surface area contributed by atoms with E-state index in [0.29, 0.717) is 11.4 Å². The first-order chi connectivity index (χ1) is 9.88. The molecule has 0 aliphatic heterocycles. The van der Waals surface area contributed by atoms with E-state index in [9.17, 15) is 14.4 Å². The summed E-state index contributed by atoms with van der Waals surface area (Å²) in [4.78, 5) is 32.6. The molecule has 0 radical (unpaired) electrons. The Hall–Kier alpha value is -2.61. The third-order valence-corrected chi connectivity index (χ3v) is 2.47. The Labute approximate surface area is 121 Å². The van der Waals surface area contributed by atoms with Crippen molar-refractivity contribution in [3.05, 3.63) is 24.3 Å². The molecule has 1 atom stereocenters. The minimum atomic E-state index is -1.14. The lowest BCUT2D eigenvalue weighted by atomic mass is 10.2. The largest absolute Gasteiger partial charge is 0.493 e. The third kappa shape index (κ3) is 6.39. The Kier molecular flexibility index (Phi) is 6.15. The Balaban J connectivity index is 2.48. The lowest BCUT2D eigenvalue weighted by Gasteiger charge is -2.11. The molecule has 0 fully saturated rings. The van der Waals surface area contributed by atoms with Crippen molar-refractivity contribution in [2.45, 2.75) is 18.9 Å². The van der Waals surface area contributed by atoms with Crippen LogP contribution < -0.4 is 21.5 Å². The average molecular weight is 295 g/mol. The highest BCUT2D eigenvalue weighted by Gasteiger charge is 2.16. The summed E-state index contributed by atoms with van der Waals surface area (Å²) in [7, 11) is 0. The number of rotatable bonds is 8. The van der Waals surface area contributed by atoms with E-state index in [0.717, 1.165) is 0 Å². The topological polar surface area (TPSA) is 145 Å². The second-order valence-corrected chi connectivity index (χ2v) is 4.28. The van der Waals surface area contributed by atoms with Crippen molar-refractivity contribution in [1.82, 2.24) is 0 Å². The van der Waals surface area contributed by atoms with Crippen LogP contribution in [0.4, 0.5) is 5.69 Å². The van der Waals surface area contributed by atoms with E-state index in [2.05, 4.69) is 5.32 Å². The Morgan fingerprint density at radius 3 is 2.38 bits per heavy atom. The summed E-state index contributed by atoms with van der Waals surface area (Å²) in [5, 5.41) is 11.0. The Morgan fingerprint density at radius 2 is 1.86 bits per heavy atom. The summed E-state index contributed by atoms with van der Waals surface area (Å²) in [6, 6.07) is 5.23. The van der Waals surface area contributed by atoms with Gasteiger partial charge in [0.2, 0.25) is 11.8 Å². The molecule has 8 heteroatoms. The second kappa shape index (κ2) is 7.85. The molecular formula is C13H17N3O5. The van der Waals surface area contributed by atoms with Crippen molar-refractivity contribution in [2.24, 2.45) is 11.5 Å². The molecule has 1 rings (SSSR count). The summed E-state index contributed by atoms with van der Waals surface area (Å²) in [5.41, 5.74) is 10.9. The predicted octanol–water partition coefficient (Wildman–Crippen LogP) is -0.319. The van der Waals surface area contributed by atoms with E-state index in [4.69, 9.17) is 21.3 Å². The van der Waals surface area contributed by atoms with Gasteiger partial charge in [-0.1, -0.05) is 0 Å². The molecule has 0 saturated carbocycles. The monoisotopic (exact) mass is 295 g/mol. The molecule has 8 nitrogen and oxygen atoms in total. The van der Waals surface area contributed by atoms with Gasteiger partial charge in [0.15, 0.2) is 0 Å². The lowest BCUT2D eigenvalue weighted by molar-refractivity contribution is -0.138. The maximum atomic E-state index is 11.6. The molecule has 0 aromatic heterocycles. The fourth-order valence-electron chi connectivity index (χ4n) is 1.42. The number of ether oxygens (including phenoxy) is 1. The molecule has 1 unspecified atom stereocenters. The molecule has 0 aliphatic carbocycles. The van der Waals surface area contributed by atoms with Crippen molar-refractivity contribution in [3.63, 3.8) is 0 Å². The molecule has 0 saturated heterocycles. The van der Waals surface area contributed by atoms with Gasteiger partial charge in [0, 0.05) is 5.69 Å². The predicted molar refractivity (Wildman–Crippen MR) is 74.6 cm³/mol. The fraction of sp³-hybridized carbons (Fsp3) is 0.308. The third-order valence-electron chi connectivity index (χ3n) is 2.47. The maximum Gasteiger partial charge on any atom is 0.305 e. The first kappa shape index (κ1) is 16.4. The minimum Gasteiger partial charge on any atom is -0.493 e. The second-order valence-electron chi connectivity index (χ2n) is 4.28. The smallest absolute Gasteiger partial charge is 0.305 e. The zero-order chi connectivity index (χ0) is 15.8. The van der Waals surface area contributed by atoms with Gasteiger partial charge in [-0.2, -0.15) is 0 Å². The first-order valence-electron chi connectivity index (χ1n) is 6.18. The standard InChI is InChI=1S/C13H17N3O5/c14-10(7-12(18)19)13(20)16-8-1-3-9(4-2-8)21-6-5-11(15)17/h1-4,10H,5-7,14H2,(H2,15,17)(H,16,20)(H,18,19). The summed E-state index contributed by atoms with van der Waals surface area (Å²) in [5.74, 6) is -1.66. The summed E-state index contributed by atoms with van der Waals surface area (Å²) in [6.07, 6.45) is -0.331. The van der Waals surface area contributed by atoms with E-state index in [-0.39, 0.29) is 13.0 Å². The summed E-state index contributed by atoms with van der Waals surface area (Å²) >= 11 is 0. The van der Waals surface area contributed by atoms with Gasteiger partial charge in [0.1, 0.15) is 5.75 Å². The average Bonchev–Trinajstić information content (AvgIpc) is 2.39. The zero-order valence-corrected chi connectivity index (χ0v) is 11.2. The number of hydrogen-bond acceptors (Lipinski definition) is 5. The molecular weight excluding hydrogens is 278 g/mol. The number of benzene rings is 1. The molecule has 0 heterocycles. The van der Waals surface area contributed by atoms with Crippen molar-refractivity contribution in [2.75, 3.05) is 11.9 Å². The van der Waals surface area contributed by atoms with Crippen molar-refractivity contribution < 1.29 is 24.2 Å².